The first-order chi connectivity index (χ1) is 10.1. The van der Waals surface area contributed by atoms with E-state index in [2.05, 4.69) is 15.3 Å². The Labute approximate surface area is 129 Å². The molecule has 1 unspecified atom stereocenters. The lowest BCUT2D eigenvalue weighted by atomic mass is 10.1. The summed E-state index contributed by atoms with van der Waals surface area (Å²) in [6.07, 6.45) is 2.32. The molecule has 5 nitrogen and oxygen atoms in total. The van der Waals surface area contributed by atoms with E-state index in [9.17, 15) is 0 Å². The average Bonchev–Trinajstić information content (AvgIpc) is 2.48. The number of nitrogens with one attached hydrogen (secondary N) is 1. The smallest absolute Gasteiger partial charge is 0.242 e. The lowest BCUT2D eigenvalue weighted by Crippen LogP contribution is -2.12. The summed E-state index contributed by atoms with van der Waals surface area (Å²) in [7, 11) is 0. The van der Waals surface area contributed by atoms with E-state index in [0.717, 1.165) is 12.0 Å². The SMILES string of the molecule is CCCOc1ncnc(NC(C)c2ccccc2Cl)c1N. The molecular formula is C15H19ClN4O. The van der Waals surface area contributed by atoms with E-state index in [1.165, 1.54) is 6.33 Å². The summed E-state index contributed by atoms with van der Waals surface area (Å²) in [5.74, 6) is 0.948. The third-order valence-electron chi connectivity index (χ3n) is 3.02. The van der Waals surface area contributed by atoms with Gasteiger partial charge in [0, 0.05) is 5.02 Å². The fourth-order valence-electron chi connectivity index (χ4n) is 1.92. The molecule has 6 heteroatoms. The molecule has 0 bridgehead atoms. The summed E-state index contributed by atoms with van der Waals surface area (Å²) in [5, 5.41) is 3.95. The maximum atomic E-state index is 6.20. The lowest BCUT2D eigenvalue weighted by Gasteiger charge is -2.18. The molecule has 21 heavy (non-hydrogen) atoms. The van der Waals surface area contributed by atoms with Gasteiger partial charge in [-0.05, 0) is 25.0 Å². The molecular weight excluding hydrogens is 288 g/mol. The fraction of sp³-hybridized carbons (Fsp3) is 0.333. The van der Waals surface area contributed by atoms with Crippen molar-refractivity contribution in [3.05, 3.63) is 41.2 Å². The van der Waals surface area contributed by atoms with Crippen molar-refractivity contribution in [2.45, 2.75) is 26.3 Å². The summed E-state index contributed by atoms with van der Waals surface area (Å²) in [6.45, 7) is 4.59. The summed E-state index contributed by atoms with van der Waals surface area (Å²) in [4.78, 5) is 8.22. The van der Waals surface area contributed by atoms with Crippen LogP contribution in [0.5, 0.6) is 5.88 Å². The van der Waals surface area contributed by atoms with Gasteiger partial charge in [0.25, 0.3) is 0 Å². The van der Waals surface area contributed by atoms with E-state index in [-0.39, 0.29) is 6.04 Å². The van der Waals surface area contributed by atoms with Crippen molar-refractivity contribution in [3.8, 4) is 5.88 Å². The quantitative estimate of drug-likeness (QED) is 0.851. The van der Waals surface area contributed by atoms with E-state index in [1.807, 2.05) is 38.1 Å². The zero-order chi connectivity index (χ0) is 15.2. The number of aromatic nitrogens is 2. The first-order valence-electron chi connectivity index (χ1n) is 6.87. The molecule has 0 spiro atoms. The molecule has 112 valence electrons. The third-order valence-corrected chi connectivity index (χ3v) is 3.36. The van der Waals surface area contributed by atoms with Crippen LogP contribution in [0.4, 0.5) is 11.5 Å². The highest BCUT2D eigenvalue weighted by Crippen LogP contribution is 2.30. The topological polar surface area (TPSA) is 73.1 Å². The largest absolute Gasteiger partial charge is 0.476 e. The van der Waals surface area contributed by atoms with Crippen LogP contribution in [0.2, 0.25) is 5.02 Å². The Kier molecular flexibility index (Phi) is 5.22. The van der Waals surface area contributed by atoms with E-state index in [4.69, 9.17) is 22.1 Å². The molecule has 1 aromatic carbocycles. The van der Waals surface area contributed by atoms with Gasteiger partial charge in [0.05, 0.1) is 12.6 Å². The highest BCUT2D eigenvalue weighted by atomic mass is 35.5. The van der Waals surface area contributed by atoms with Gasteiger partial charge in [0.15, 0.2) is 5.82 Å². The van der Waals surface area contributed by atoms with Gasteiger partial charge in [0.2, 0.25) is 5.88 Å². The minimum atomic E-state index is -0.0325. The Morgan fingerprint density at radius 1 is 1.33 bits per heavy atom. The number of rotatable bonds is 6. The first kappa shape index (κ1) is 15.4. The number of hydrogen-bond donors (Lipinski definition) is 2. The second kappa shape index (κ2) is 7.13. The van der Waals surface area contributed by atoms with E-state index < -0.39 is 0 Å². The van der Waals surface area contributed by atoms with Crippen LogP contribution >= 0.6 is 11.6 Å². The van der Waals surface area contributed by atoms with Crippen LogP contribution in [0.25, 0.3) is 0 Å². The number of nitrogens with two attached hydrogens (primary N) is 1. The molecule has 0 amide bonds. The number of benzene rings is 1. The highest BCUT2D eigenvalue weighted by Gasteiger charge is 2.14. The molecule has 0 saturated heterocycles. The zero-order valence-corrected chi connectivity index (χ0v) is 12.9. The monoisotopic (exact) mass is 306 g/mol. The molecule has 2 rings (SSSR count). The first-order valence-corrected chi connectivity index (χ1v) is 7.25. The van der Waals surface area contributed by atoms with Crippen molar-refractivity contribution in [1.29, 1.82) is 0 Å². The molecule has 1 heterocycles. The van der Waals surface area contributed by atoms with Crippen LogP contribution in [0, 0.1) is 0 Å². The van der Waals surface area contributed by atoms with Gasteiger partial charge in [-0.15, -0.1) is 0 Å². The van der Waals surface area contributed by atoms with Crippen molar-refractivity contribution in [1.82, 2.24) is 9.97 Å². The van der Waals surface area contributed by atoms with E-state index in [1.54, 1.807) is 0 Å². The molecule has 1 aromatic heterocycles. The molecule has 0 radical (unpaired) electrons. The number of nitrogen functional groups attached to an aromatic ring is 1. The van der Waals surface area contributed by atoms with Gasteiger partial charge in [0.1, 0.15) is 12.0 Å². The molecule has 2 aromatic rings. The number of halogens is 1. The Balaban J connectivity index is 2.18. The van der Waals surface area contributed by atoms with Gasteiger partial charge < -0.3 is 15.8 Å². The third kappa shape index (κ3) is 3.76. The molecule has 0 aliphatic rings. The maximum absolute atomic E-state index is 6.20. The van der Waals surface area contributed by atoms with Crippen LogP contribution in [0.1, 0.15) is 31.9 Å². The highest BCUT2D eigenvalue weighted by molar-refractivity contribution is 6.31. The van der Waals surface area contributed by atoms with Crippen LogP contribution in [0.3, 0.4) is 0 Å². The van der Waals surface area contributed by atoms with Crippen LogP contribution in [-0.2, 0) is 0 Å². The van der Waals surface area contributed by atoms with Crippen molar-refractivity contribution < 1.29 is 4.74 Å². The van der Waals surface area contributed by atoms with Crippen molar-refractivity contribution in [2.75, 3.05) is 17.7 Å². The van der Waals surface area contributed by atoms with Crippen LogP contribution in [-0.4, -0.2) is 16.6 Å². The molecule has 1 atom stereocenters. The summed E-state index contributed by atoms with van der Waals surface area (Å²) in [5.41, 5.74) is 7.43. The normalized spacial score (nSPS) is 12.0. The zero-order valence-electron chi connectivity index (χ0n) is 12.1. The lowest BCUT2D eigenvalue weighted by molar-refractivity contribution is 0.306. The van der Waals surface area contributed by atoms with Crippen LogP contribution in [0.15, 0.2) is 30.6 Å². The van der Waals surface area contributed by atoms with E-state index in [0.29, 0.717) is 29.0 Å². The Bertz CT molecular complexity index is 606. The Hall–Kier alpha value is -2.01. The molecule has 0 aliphatic heterocycles. The number of anilines is 2. The standard InChI is InChI=1S/C15H19ClN4O/c1-3-8-21-15-13(17)14(18-9-19-15)20-10(2)11-6-4-5-7-12(11)16/h4-7,9-10H,3,8,17H2,1-2H3,(H,18,19,20). The van der Waals surface area contributed by atoms with Crippen LogP contribution < -0.4 is 15.8 Å². The second-order valence-electron chi connectivity index (χ2n) is 4.68. The minimum Gasteiger partial charge on any atom is -0.476 e. The molecule has 0 fully saturated rings. The predicted molar refractivity (Wildman–Crippen MR) is 85.7 cm³/mol. The fourth-order valence-corrected chi connectivity index (χ4v) is 2.22. The maximum Gasteiger partial charge on any atom is 0.242 e. The van der Waals surface area contributed by atoms with Crippen molar-refractivity contribution >= 4 is 23.1 Å². The molecule has 3 N–H and O–H groups in total. The van der Waals surface area contributed by atoms with E-state index >= 15 is 0 Å². The second-order valence-corrected chi connectivity index (χ2v) is 5.08. The van der Waals surface area contributed by atoms with Crippen molar-refractivity contribution in [2.24, 2.45) is 0 Å². The summed E-state index contributed by atoms with van der Waals surface area (Å²) < 4.78 is 5.50. The number of ether oxygens (including phenoxy) is 1. The number of nitrogens with zero attached hydrogens (tertiary/aromatic N) is 2. The van der Waals surface area contributed by atoms with Gasteiger partial charge in [-0.3, -0.25) is 0 Å². The average molecular weight is 307 g/mol. The molecule has 0 aliphatic carbocycles. The summed E-state index contributed by atoms with van der Waals surface area (Å²) in [6, 6.07) is 7.63. The van der Waals surface area contributed by atoms with Crippen molar-refractivity contribution in [3.63, 3.8) is 0 Å². The van der Waals surface area contributed by atoms with Gasteiger partial charge in [-0.25, -0.2) is 4.98 Å². The van der Waals surface area contributed by atoms with Gasteiger partial charge >= 0.3 is 0 Å². The van der Waals surface area contributed by atoms with Gasteiger partial charge in [-0.2, -0.15) is 4.98 Å². The Morgan fingerprint density at radius 3 is 2.81 bits per heavy atom. The predicted octanol–water partition coefficient (Wildman–Crippen LogP) is 3.67. The summed E-state index contributed by atoms with van der Waals surface area (Å²) >= 11 is 6.20. The number of hydrogen-bond acceptors (Lipinski definition) is 5. The Morgan fingerprint density at radius 2 is 2.10 bits per heavy atom. The van der Waals surface area contributed by atoms with Gasteiger partial charge in [-0.1, -0.05) is 36.7 Å². The minimum absolute atomic E-state index is 0.0325. The molecule has 0 saturated carbocycles.